The summed E-state index contributed by atoms with van der Waals surface area (Å²) in [6, 6.07) is -2.75. The molecule has 0 aliphatic rings. The molecule has 0 saturated carbocycles. The summed E-state index contributed by atoms with van der Waals surface area (Å²) >= 11 is 0.339. The van der Waals surface area contributed by atoms with Gasteiger partial charge in [0.25, 0.3) is 0 Å². The minimum Gasteiger partial charge on any atom is -0.480 e. The number of rotatable bonds is 13. The van der Waals surface area contributed by atoms with Gasteiger partial charge in [-0.05, 0) is 6.42 Å². The molecule has 13 nitrogen and oxygen atoms in total. The molecule has 0 aromatic carbocycles. The lowest BCUT2D eigenvalue weighted by atomic mass is 10.1. The van der Waals surface area contributed by atoms with Gasteiger partial charge >= 0.3 is 23.9 Å². The Balaban J connectivity index is 4.96. The van der Waals surface area contributed by atoms with Crippen molar-refractivity contribution in [2.24, 2.45) is 5.73 Å². The molecule has 0 aliphatic carbocycles. The fraction of sp³-hybridized carbons (Fsp3) is 0.538. The molecule has 2 unspecified atom stereocenters. The summed E-state index contributed by atoms with van der Waals surface area (Å²) in [5, 5.41) is 37.1. The molecule has 0 fully saturated rings. The van der Waals surface area contributed by atoms with Crippen molar-refractivity contribution < 1.29 is 49.2 Å². The molecular formula is C13H19N3O10S. The van der Waals surface area contributed by atoms with Gasteiger partial charge in [-0.1, -0.05) is 0 Å². The number of aliphatic carboxylic acids is 4. The summed E-state index contributed by atoms with van der Waals surface area (Å²) in [6.45, 7) is -0.777. The van der Waals surface area contributed by atoms with Crippen LogP contribution in [0, 0.1) is 0 Å². The molecule has 8 N–H and O–H groups in total. The van der Waals surface area contributed by atoms with Crippen LogP contribution in [0.1, 0.15) is 12.8 Å². The van der Waals surface area contributed by atoms with Gasteiger partial charge in [0, 0.05) is 12.2 Å². The Hall–Kier alpha value is -2.87. The van der Waals surface area contributed by atoms with Crippen molar-refractivity contribution in [3.05, 3.63) is 0 Å². The number of amides is 2. The van der Waals surface area contributed by atoms with Crippen molar-refractivity contribution in [1.29, 1.82) is 0 Å². The molecule has 0 aromatic heterocycles. The van der Waals surface area contributed by atoms with E-state index in [1.165, 1.54) is 0 Å². The van der Waals surface area contributed by atoms with Gasteiger partial charge in [0.2, 0.25) is 11.8 Å². The Bertz CT molecular complexity index is 597. The monoisotopic (exact) mass is 409 g/mol. The molecule has 0 saturated heterocycles. The Morgan fingerprint density at radius 2 is 1.48 bits per heavy atom. The number of hydrogen-bond donors (Lipinski definition) is 7. The summed E-state index contributed by atoms with van der Waals surface area (Å²) in [5.41, 5.74) is 5.24. The highest BCUT2D eigenvalue weighted by molar-refractivity contribution is 8.01. The van der Waals surface area contributed by atoms with E-state index in [0.29, 0.717) is 11.8 Å². The normalized spacial score (nSPS) is 12.7. The lowest BCUT2D eigenvalue weighted by molar-refractivity contribution is -0.146. The van der Waals surface area contributed by atoms with Crippen LogP contribution >= 0.6 is 11.8 Å². The summed E-state index contributed by atoms with van der Waals surface area (Å²) in [4.78, 5) is 66.6. The third-order valence-corrected chi connectivity index (χ3v) is 4.21. The molecule has 0 bridgehead atoms. The smallest absolute Gasteiger partial charge is 0.328 e. The van der Waals surface area contributed by atoms with E-state index in [1.807, 2.05) is 5.32 Å². The average Bonchev–Trinajstić information content (AvgIpc) is 2.55. The number of hydrogen-bond acceptors (Lipinski definition) is 8. The first-order chi connectivity index (χ1) is 12.5. The molecule has 0 radical (unpaired) electrons. The minimum atomic E-state index is -1.91. The van der Waals surface area contributed by atoms with Crippen LogP contribution in [0.15, 0.2) is 0 Å². The standard InChI is InChI=1S/C13H19N3O10S/c14-5(11(21)22)1-2-7(17)16-6(10(20)15-3-8(18)19)4-27-9(12(23)24)13(25)26/h5-6,9H,1-4,14H2,(H,15,20)(H,16,17)(H,18,19)(H,21,22)(H,23,24)(H,25,26). The maximum absolute atomic E-state index is 12.0. The van der Waals surface area contributed by atoms with E-state index in [9.17, 15) is 28.8 Å². The van der Waals surface area contributed by atoms with Crippen molar-refractivity contribution in [3.63, 3.8) is 0 Å². The van der Waals surface area contributed by atoms with Gasteiger partial charge in [0.05, 0.1) is 0 Å². The van der Waals surface area contributed by atoms with Gasteiger partial charge in [0.1, 0.15) is 18.6 Å². The highest BCUT2D eigenvalue weighted by atomic mass is 32.2. The zero-order chi connectivity index (χ0) is 21.1. The van der Waals surface area contributed by atoms with E-state index >= 15 is 0 Å². The third kappa shape index (κ3) is 10.0. The van der Waals surface area contributed by atoms with E-state index in [4.69, 9.17) is 26.2 Å². The molecule has 0 spiro atoms. The molecule has 152 valence electrons. The lowest BCUT2D eigenvalue weighted by Gasteiger charge is -2.19. The van der Waals surface area contributed by atoms with Crippen LogP contribution in [0.5, 0.6) is 0 Å². The van der Waals surface area contributed by atoms with Crippen LogP contribution < -0.4 is 16.4 Å². The van der Waals surface area contributed by atoms with Crippen LogP contribution in [0.2, 0.25) is 0 Å². The summed E-state index contributed by atoms with van der Waals surface area (Å²) in [6.07, 6.45) is -0.618. The maximum Gasteiger partial charge on any atom is 0.328 e. The van der Waals surface area contributed by atoms with Crippen molar-refractivity contribution in [2.75, 3.05) is 12.3 Å². The lowest BCUT2D eigenvalue weighted by Crippen LogP contribution is -2.50. The van der Waals surface area contributed by atoms with Crippen molar-refractivity contribution >= 4 is 47.5 Å². The van der Waals surface area contributed by atoms with Gasteiger partial charge < -0.3 is 36.8 Å². The Morgan fingerprint density at radius 1 is 0.926 bits per heavy atom. The van der Waals surface area contributed by atoms with Crippen LogP contribution in [-0.2, 0) is 28.8 Å². The minimum absolute atomic E-state index is 0.245. The number of nitrogens with one attached hydrogen (secondary N) is 2. The number of carboxylic acid groups (broad SMARTS) is 4. The van der Waals surface area contributed by atoms with Crippen molar-refractivity contribution in [3.8, 4) is 0 Å². The molecule has 14 heteroatoms. The molecular weight excluding hydrogens is 390 g/mol. The highest BCUT2D eigenvalue weighted by Crippen LogP contribution is 2.14. The first-order valence-electron chi connectivity index (χ1n) is 7.30. The predicted octanol–water partition coefficient (Wildman–Crippen LogP) is -2.86. The zero-order valence-corrected chi connectivity index (χ0v) is 14.6. The number of thioether (sulfide) groups is 1. The highest BCUT2D eigenvalue weighted by Gasteiger charge is 2.30. The van der Waals surface area contributed by atoms with Gasteiger partial charge in [-0.15, -0.1) is 11.8 Å². The van der Waals surface area contributed by atoms with Crippen LogP contribution in [0.4, 0.5) is 0 Å². The van der Waals surface area contributed by atoms with E-state index in [1.54, 1.807) is 0 Å². The average molecular weight is 409 g/mol. The van der Waals surface area contributed by atoms with E-state index < -0.39 is 65.3 Å². The second kappa shape index (κ2) is 11.7. The second-order valence-corrected chi connectivity index (χ2v) is 6.24. The topological polar surface area (TPSA) is 233 Å². The molecule has 0 heterocycles. The van der Waals surface area contributed by atoms with Crippen molar-refractivity contribution in [2.45, 2.75) is 30.2 Å². The Labute approximate surface area is 156 Å². The number of carbonyl (C=O) groups excluding carboxylic acids is 2. The molecule has 0 rings (SSSR count). The fourth-order valence-electron chi connectivity index (χ4n) is 1.59. The zero-order valence-electron chi connectivity index (χ0n) is 13.8. The van der Waals surface area contributed by atoms with Gasteiger partial charge in [-0.25, -0.2) is 0 Å². The summed E-state index contributed by atoms with van der Waals surface area (Å²) in [7, 11) is 0. The van der Waals surface area contributed by atoms with Gasteiger partial charge in [-0.3, -0.25) is 28.8 Å². The first-order valence-corrected chi connectivity index (χ1v) is 8.35. The molecule has 0 aliphatic heterocycles. The predicted molar refractivity (Wildman–Crippen MR) is 88.9 cm³/mol. The second-order valence-electron chi connectivity index (χ2n) is 5.10. The first kappa shape index (κ1) is 24.1. The molecule has 0 aromatic rings. The Kier molecular flexibility index (Phi) is 10.4. The van der Waals surface area contributed by atoms with E-state index in [-0.39, 0.29) is 12.8 Å². The third-order valence-electron chi connectivity index (χ3n) is 2.94. The molecule has 2 amide bonds. The van der Waals surface area contributed by atoms with E-state index in [0.717, 1.165) is 0 Å². The Morgan fingerprint density at radius 3 is 1.93 bits per heavy atom. The maximum atomic E-state index is 12.0. The summed E-state index contributed by atoms with van der Waals surface area (Å²) < 4.78 is 0. The number of carboxylic acids is 4. The molecule has 27 heavy (non-hydrogen) atoms. The largest absolute Gasteiger partial charge is 0.480 e. The van der Waals surface area contributed by atoms with Gasteiger partial charge in [0.15, 0.2) is 5.25 Å². The van der Waals surface area contributed by atoms with Crippen molar-refractivity contribution in [1.82, 2.24) is 10.6 Å². The SMILES string of the molecule is NC(CCC(=O)NC(CSC(C(=O)O)C(=O)O)C(=O)NCC(=O)O)C(=O)O. The quantitative estimate of drug-likeness (QED) is 0.152. The molecule has 2 atom stereocenters. The summed E-state index contributed by atoms with van der Waals surface area (Å²) in [5.74, 6) is -8.31. The van der Waals surface area contributed by atoms with E-state index in [2.05, 4.69) is 5.32 Å². The van der Waals surface area contributed by atoms with Crippen LogP contribution in [0.25, 0.3) is 0 Å². The number of carbonyl (C=O) groups is 6. The van der Waals surface area contributed by atoms with Crippen LogP contribution in [0.3, 0.4) is 0 Å². The number of nitrogens with two attached hydrogens (primary N) is 1. The fourth-order valence-corrected chi connectivity index (χ4v) is 2.49. The van der Waals surface area contributed by atoms with Gasteiger partial charge in [-0.2, -0.15) is 0 Å². The van der Waals surface area contributed by atoms with Crippen LogP contribution in [-0.4, -0.2) is 85.7 Å².